The average Bonchev–Trinajstić information content (AvgIpc) is 3.53. The molecule has 3 N–H and O–H groups in total. The predicted octanol–water partition coefficient (Wildman–Crippen LogP) is 15.9. The molecule has 81 heavy (non-hydrogen) atoms. The Morgan fingerprint density at radius 1 is 0.407 bits per heavy atom. The summed E-state index contributed by atoms with van der Waals surface area (Å²) in [6, 6.07) is 0. The molecule has 12 heteroatoms. The highest BCUT2D eigenvalue weighted by Crippen LogP contribution is 2.26. The zero-order valence-electron chi connectivity index (χ0n) is 49.4. The number of aliphatic hydroxyl groups is 2. The van der Waals surface area contributed by atoms with E-state index in [-0.39, 0.29) is 19.3 Å². The minimum Gasteiger partial charge on any atom is -0.479 e. The van der Waals surface area contributed by atoms with E-state index in [9.17, 15) is 34.5 Å². The summed E-state index contributed by atoms with van der Waals surface area (Å²) in [5, 5.41) is 31.5. The van der Waals surface area contributed by atoms with Crippen LogP contribution in [0.25, 0.3) is 0 Å². The summed E-state index contributed by atoms with van der Waals surface area (Å²) in [7, 11) is 0. The fourth-order valence-electron chi connectivity index (χ4n) is 7.79. The lowest BCUT2D eigenvalue weighted by Gasteiger charge is -2.40. The van der Waals surface area contributed by atoms with E-state index < -0.39 is 73.9 Å². The number of carbonyl (C=O) groups excluding carboxylic acids is 3. The molecule has 12 nitrogen and oxygen atoms in total. The van der Waals surface area contributed by atoms with Gasteiger partial charge in [0.2, 0.25) is 0 Å². The van der Waals surface area contributed by atoms with Crippen molar-refractivity contribution in [1.29, 1.82) is 0 Å². The number of aliphatic hydroxyl groups excluding tert-OH is 2. The normalized spacial score (nSPS) is 19.0. The molecule has 450 valence electrons. The van der Waals surface area contributed by atoms with Crippen molar-refractivity contribution in [1.82, 2.24) is 0 Å². The number of allylic oxidation sites excluding steroid dienone is 28. The molecule has 0 aromatic rings. The van der Waals surface area contributed by atoms with E-state index >= 15 is 0 Å². The molecule has 0 amide bonds. The topological polar surface area (TPSA) is 175 Å². The molecule has 0 radical (unpaired) electrons. The van der Waals surface area contributed by atoms with Crippen molar-refractivity contribution in [3.63, 3.8) is 0 Å². The maximum absolute atomic E-state index is 13.1. The van der Waals surface area contributed by atoms with Gasteiger partial charge in [0, 0.05) is 19.3 Å². The molecule has 6 unspecified atom stereocenters. The molecule has 0 bridgehead atoms. The van der Waals surface area contributed by atoms with Crippen molar-refractivity contribution in [3.05, 3.63) is 170 Å². The summed E-state index contributed by atoms with van der Waals surface area (Å²) in [5.74, 6) is -3.37. The number of hydrogen-bond acceptors (Lipinski definition) is 11. The molecular formula is C69H102O12. The summed E-state index contributed by atoms with van der Waals surface area (Å²) in [6.07, 6.45) is 69.1. The first-order chi connectivity index (χ1) is 39.6. The van der Waals surface area contributed by atoms with Crippen molar-refractivity contribution < 1.29 is 58.2 Å². The fraction of sp³-hybridized carbons (Fsp3) is 0.536. The van der Waals surface area contributed by atoms with Gasteiger partial charge in [0.25, 0.3) is 0 Å². The van der Waals surface area contributed by atoms with Crippen LogP contribution in [0.15, 0.2) is 170 Å². The summed E-state index contributed by atoms with van der Waals surface area (Å²) in [5.41, 5.74) is 0. The van der Waals surface area contributed by atoms with Gasteiger partial charge in [0.05, 0.1) is 6.61 Å². The zero-order chi connectivity index (χ0) is 58.9. The molecule has 0 saturated carbocycles. The van der Waals surface area contributed by atoms with Gasteiger partial charge in [0.1, 0.15) is 18.8 Å². The second-order valence-corrected chi connectivity index (χ2v) is 19.5. The Hall–Kier alpha value is -5.92. The summed E-state index contributed by atoms with van der Waals surface area (Å²) in [6.45, 7) is 5.51. The van der Waals surface area contributed by atoms with E-state index in [0.29, 0.717) is 32.1 Å². The smallest absolute Gasteiger partial charge is 0.335 e. The Kier molecular flexibility index (Phi) is 49.3. The number of carbonyl (C=O) groups is 4. The molecule has 0 aromatic heterocycles. The first kappa shape index (κ1) is 73.1. The average molecular weight is 1120 g/mol. The molecule has 1 aliphatic heterocycles. The van der Waals surface area contributed by atoms with Crippen LogP contribution in [0.5, 0.6) is 0 Å². The van der Waals surface area contributed by atoms with Gasteiger partial charge in [-0.3, -0.25) is 14.4 Å². The first-order valence-corrected chi connectivity index (χ1v) is 30.1. The number of aliphatic carboxylic acids is 1. The first-order valence-electron chi connectivity index (χ1n) is 30.1. The van der Waals surface area contributed by atoms with Gasteiger partial charge in [-0.15, -0.1) is 0 Å². The van der Waals surface area contributed by atoms with E-state index in [1.54, 1.807) is 0 Å². The van der Waals surface area contributed by atoms with E-state index in [0.717, 1.165) is 116 Å². The van der Waals surface area contributed by atoms with Gasteiger partial charge in [-0.05, 0) is 128 Å². The number of ether oxygens (including phenoxy) is 5. The second-order valence-electron chi connectivity index (χ2n) is 19.5. The molecule has 0 aliphatic carbocycles. The number of esters is 3. The third kappa shape index (κ3) is 44.4. The molecule has 6 atom stereocenters. The number of carboxylic acid groups (broad SMARTS) is 1. The van der Waals surface area contributed by atoms with Crippen LogP contribution < -0.4 is 0 Å². The Morgan fingerprint density at radius 2 is 0.778 bits per heavy atom. The van der Waals surface area contributed by atoms with Crippen molar-refractivity contribution in [2.45, 2.75) is 225 Å². The van der Waals surface area contributed by atoms with Crippen LogP contribution in [0.3, 0.4) is 0 Å². The molecule has 1 fully saturated rings. The highest BCUT2D eigenvalue weighted by atomic mass is 16.7. The fourth-order valence-corrected chi connectivity index (χ4v) is 7.79. The summed E-state index contributed by atoms with van der Waals surface area (Å²) >= 11 is 0. The monoisotopic (exact) mass is 1120 g/mol. The van der Waals surface area contributed by atoms with Crippen LogP contribution in [-0.4, -0.2) is 89.2 Å². The number of carboxylic acids is 1. The van der Waals surface area contributed by atoms with Crippen LogP contribution in [-0.2, 0) is 42.9 Å². The molecular weight excluding hydrogens is 1020 g/mol. The molecule has 1 saturated heterocycles. The molecule has 0 spiro atoms. The molecule has 1 rings (SSSR count). The maximum Gasteiger partial charge on any atom is 0.335 e. The predicted molar refractivity (Wildman–Crippen MR) is 330 cm³/mol. The highest BCUT2D eigenvalue weighted by Gasteiger charge is 2.50. The second kappa shape index (κ2) is 54.7. The van der Waals surface area contributed by atoms with E-state index in [4.69, 9.17) is 23.7 Å². The van der Waals surface area contributed by atoms with Crippen LogP contribution in [0.2, 0.25) is 0 Å². The Bertz CT molecular complexity index is 2060. The Labute approximate surface area is 487 Å². The van der Waals surface area contributed by atoms with Gasteiger partial charge in [-0.2, -0.15) is 0 Å². The summed E-state index contributed by atoms with van der Waals surface area (Å²) < 4.78 is 28.3. The Morgan fingerprint density at radius 3 is 1.21 bits per heavy atom. The third-order valence-corrected chi connectivity index (χ3v) is 12.3. The van der Waals surface area contributed by atoms with E-state index in [1.165, 1.54) is 0 Å². The minimum absolute atomic E-state index is 0.0163. The van der Waals surface area contributed by atoms with Crippen molar-refractivity contribution >= 4 is 23.9 Å². The molecule has 1 aliphatic rings. The maximum atomic E-state index is 13.1. The van der Waals surface area contributed by atoms with Crippen LogP contribution in [0.1, 0.15) is 188 Å². The number of hydrogen-bond donors (Lipinski definition) is 3. The molecule has 0 aromatic carbocycles. The number of rotatable bonds is 48. The van der Waals surface area contributed by atoms with Gasteiger partial charge < -0.3 is 39.0 Å². The van der Waals surface area contributed by atoms with E-state index in [1.807, 2.05) is 24.3 Å². The lowest BCUT2D eigenvalue weighted by molar-refractivity contribution is -0.301. The van der Waals surface area contributed by atoms with Crippen LogP contribution in [0, 0.1) is 0 Å². The van der Waals surface area contributed by atoms with Crippen LogP contribution >= 0.6 is 0 Å². The van der Waals surface area contributed by atoms with Crippen molar-refractivity contribution in [3.8, 4) is 0 Å². The lowest BCUT2D eigenvalue weighted by Crippen LogP contribution is -2.61. The van der Waals surface area contributed by atoms with Gasteiger partial charge in [0.15, 0.2) is 24.6 Å². The number of unbranched alkanes of at least 4 members (excludes halogenated alkanes) is 6. The van der Waals surface area contributed by atoms with E-state index in [2.05, 4.69) is 167 Å². The Balaban J connectivity index is 2.80. The quantitative estimate of drug-likeness (QED) is 0.0228. The summed E-state index contributed by atoms with van der Waals surface area (Å²) in [4.78, 5) is 51.2. The SMILES string of the molecule is CC/C=C\C/C=C\C/C=C\C/C=C\C/C=C\C/C=C\CCC(=O)OCC(COC1OC(C(=O)O)C(O)C(O)C1OC(=O)CCCCCCC/C=C\C/C=C\C/C=C\CC)OC(=O)CCC/C=C\C/C=C\C/C=C\C/C=C\C/C=C\CC. The third-order valence-electron chi connectivity index (χ3n) is 12.3. The zero-order valence-corrected chi connectivity index (χ0v) is 49.4. The minimum atomic E-state index is -1.94. The molecule has 1 heterocycles. The van der Waals surface area contributed by atoms with Crippen molar-refractivity contribution in [2.24, 2.45) is 0 Å². The van der Waals surface area contributed by atoms with Crippen LogP contribution in [0.4, 0.5) is 0 Å². The lowest BCUT2D eigenvalue weighted by atomic mass is 9.98. The van der Waals surface area contributed by atoms with Crippen molar-refractivity contribution in [2.75, 3.05) is 13.2 Å². The standard InChI is InChI=1S/C69H102O12/c1-4-7-10-13-16-19-22-25-28-30-31-33-35-37-40-43-46-49-52-55-61(70)77-58-60(79-62(71)56-53-50-47-44-41-39-36-32-29-26-23-20-17-14-11-8-5-2)59-78-69-67(65(74)64(73)66(81-69)68(75)76)80-63(72)57-54-51-48-45-42-38-34-27-24-21-18-15-12-9-6-3/h7-12,16-21,25-29,31,33-34,36-37,39-40,44,46-47,49,60,64-67,69,73-74H,4-6,13-15,22-24,30,32,35,38,41-43,45,48,50-59H2,1-3H3,(H,75,76)/b10-7-,11-8-,12-9-,19-16-,20-17-,21-18-,28-25-,29-26-,33-31-,34-27-,39-36-,40-37-,47-44-,49-46-. The van der Waals surface area contributed by atoms with Gasteiger partial charge in [-0.25, -0.2) is 4.79 Å². The van der Waals surface area contributed by atoms with Gasteiger partial charge >= 0.3 is 23.9 Å². The van der Waals surface area contributed by atoms with Gasteiger partial charge in [-0.1, -0.05) is 210 Å². The highest BCUT2D eigenvalue weighted by molar-refractivity contribution is 5.74. The largest absolute Gasteiger partial charge is 0.479 e.